The molecule has 2 saturated carbocycles. The normalized spacial score (nSPS) is 27.8. The van der Waals surface area contributed by atoms with Crippen molar-refractivity contribution in [2.45, 2.75) is 69.4 Å². The van der Waals surface area contributed by atoms with Gasteiger partial charge in [-0.15, -0.1) is 0 Å². The van der Waals surface area contributed by atoms with Crippen LogP contribution in [0.25, 0.3) is 0 Å². The van der Waals surface area contributed by atoms with Crippen LogP contribution in [0, 0.1) is 5.92 Å². The lowest BCUT2D eigenvalue weighted by molar-refractivity contribution is -0.128. The predicted molar refractivity (Wildman–Crippen MR) is 93.5 cm³/mol. The van der Waals surface area contributed by atoms with E-state index in [0.29, 0.717) is 19.1 Å². The highest BCUT2D eigenvalue weighted by molar-refractivity contribution is 5.79. The monoisotopic (exact) mass is 345 g/mol. The molecule has 2 aliphatic carbocycles. The van der Waals surface area contributed by atoms with Gasteiger partial charge in [-0.25, -0.2) is 4.68 Å². The van der Waals surface area contributed by atoms with Crippen molar-refractivity contribution in [3.05, 3.63) is 28.2 Å². The molecule has 0 atom stereocenters. The van der Waals surface area contributed by atoms with Crippen LogP contribution in [0.15, 0.2) is 16.9 Å². The molecule has 0 unspecified atom stereocenters. The molecule has 1 saturated heterocycles. The van der Waals surface area contributed by atoms with Crippen LogP contribution in [0.4, 0.5) is 0 Å². The van der Waals surface area contributed by atoms with Crippen LogP contribution in [0.1, 0.15) is 69.0 Å². The Bertz CT molecular complexity index is 669. The Kier molecular flexibility index (Phi) is 4.88. The lowest BCUT2D eigenvalue weighted by Gasteiger charge is -2.31. The third kappa shape index (κ3) is 3.94. The van der Waals surface area contributed by atoms with Crippen LogP contribution in [0.3, 0.4) is 0 Å². The van der Waals surface area contributed by atoms with E-state index in [2.05, 4.69) is 10.4 Å². The van der Waals surface area contributed by atoms with Gasteiger partial charge in [0, 0.05) is 37.2 Å². The van der Waals surface area contributed by atoms with Gasteiger partial charge >= 0.3 is 0 Å². The summed E-state index contributed by atoms with van der Waals surface area (Å²) < 4.78 is 7.02. The van der Waals surface area contributed by atoms with Crippen molar-refractivity contribution in [3.63, 3.8) is 0 Å². The minimum Gasteiger partial charge on any atom is -0.381 e. The number of carbonyl (C=O) groups is 1. The van der Waals surface area contributed by atoms with Gasteiger partial charge in [-0.05, 0) is 57.4 Å². The fourth-order valence-corrected chi connectivity index (χ4v) is 4.04. The first-order valence-electron chi connectivity index (χ1n) is 9.68. The van der Waals surface area contributed by atoms with E-state index in [1.165, 1.54) is 12.8 Å². The molecule has 6 heteroatoms. The minimum atomic E-state index is -0.000841. The molecule has 1 aromatic rings. The summed E-state index contributed by atoms with van der Waals surface area (Å²) in [7, 11) is 0. The second kappa shape index (κ2) is 7.28. The van der Waals surface area contributed by atoms with Crippen LogP contribution in [-0.4, -0.2) is 34.9 Å². The average Bonchev–Trinajstić information content (AvgIpc) is 3.49. The maximum Gasteiger partial charge on any atom is 0.267 e. The number of hydrogen-bond donors (Lipinski definition) is 1. The van der Waals surface area contributed by atoms with E-state index in [0.717, 1.165) is 44.2 Å². The Labute approximate surface area is 147 Å². The highest BCUT2D eigenvalue weighted by Gasteiger charge is 2.30. The summed E-state index contributed by atoms with van der Waals surface area (Å²) in [6.45, 7) is 1.38. The predicted octanol–water partition coefficient (Wildman–Crippen LogP) is 2.15. The van der Waals surface area contributed by atoms with E-state index in [4.69, 9.17) is 4.74 Å². The van der Waals surface area contributed by atoms with Gasteiger partial charge in [0.2, 0.25) is 5.91 Å². The smallest absolute Gasteiger partial charge is 0.267 e. The topological polar surface area (TPSA) is 73.2 Å². The van der Waals surface area contributed by atoms with Crippen LogP contribution in [-0.2, 0) is 9.53 Å². The Morgan fingerprint density at radius 3 is 2.44 bits per heavy atom. The SMILES string of the molecule is O=C(NC1CCC(n2nc(C3CC3)ccc2=O)CC1)C1CCOCC1. The highest BCUT2D eigenvalue weighted by Crippen LogP contribution is 2.38. The van der Waals surface area contributed by atoms with E-state index >= 15 is 0 Å². The van der Waals surface area contributed by atoms with Gasteiger partial charge in [0.1, 0.15) is 0 Å². The van der Waals surface area contributed by atoms with Crippen molar-refractivity contribution in [3.8, 4) is 0 Å². The number of carbonyl (C=O) groups excluding carboxylic acids is 1. The molecule has 0 bridgehead atoms. The zero-order valence-electron chi connectivity index (χ0n) is 14.7. The highest BCUT2D eigenvalue weighted by atomic mass is 16.5. The van der Waals surface area contributed by atoms with Crippen molar-refractivity contribution < 1.29 is 9.53 Å². The zero-order valence-corrected chi connectivity index (χ0v) is 14.7. The molecule has 1 aromatic heterocycles. The Morgan fingerprint density at radius 1 is 1.04 bits per heavy atom. The summed E-state index contributed by atoms with van der Waals surface area (Å²) in [4.78, 5) is 24.6. The van der Waals surface area contributed by atoms with Crippen molar-refractivity contribution in [1.29, 1.82) is 0 Å². The molecule has 0 spiro atoms. The van der Waals surface area contributed by atoms with Crippen LogP contribution in [0.5, 0.6) is 0 Å². The van der Waals surface area contributed by atoms with Crippen LogP contribution >= 0.6 is 0 Å². The van der Waals surface area contributed by atoms with Gasteiger partial charge in [-0.1, -0.05) is 0 Å². The Morgan fingerprint density at radius 2 is 1.76 bits per heavy atom. The third-order valence-electron chi connectivity index (χ3n) is 5.82. The fraction of sp³-hybridized carbons (Fsp3) is 0.737. The van der Waals surface area contributed by atoms with E-state index in [9.17, 15) is 9.59 Å². The first-order chi connectivity index (χ1) is 12.2. The molecule has 25 heavy (non-hydrogen) atoms. The zero-order chi connectivity index (χ0) is 17.2. The van der Waals surface area contributed by atoms with Gasteiger partial charge in [0.05, 0.1) is 11.7 Å². The second-order valence-corrected chi connectivity index (χ2v) is 7.72. The number of ether oxygens (including phenoxy) is 1. The van der Waals surface area contributed by atoms with E-state index in [1.807, 2.05) is 6.07 Å². The molecule has 1 N–H and O–H groups in total. The average molecular weight is 345 g/mol. The number of nitrogens with zero attached hydrogens (tertiary/aromatic N) is 2. The molecule has 1 amide bonds. The summed E-state index contributed by atoms with van der Waals surface area (Å²) >= 11 is 0. The van der Waals surface area contributed by atoms with Gasteiger partial charge < -0.3 is 10.1 Å². The van der Waals surface area contributed by atoms with Crippen molar-refractivity contribution in [1.82, 2.24) is 15.1 Å². The number of rotatable bonds is 4. The number of nitrogens with one attached hydrogen (secondary N) is 1. The summed E-state index contributed by atoms with van der Waals surface area (Å²) in [5.41, 5.74) is 1.06. The quantitative estimate of drug-likeness (QED) is 0.907. The second-order valence-electron chi connectivity index (χ2n) is 7.72. The molecule has 0 aromatic carbocycles. The molecule has 6 nitrogen and oxygen atoms in total. The molecule has 3 fully saturated rings. The molecule has 0 radical (unpaired) electrons. The van der Waals surface area contributed by atoms with Gasteiger partial charge in [-0.2, -0.15) is 5.10 Å². The maximum atomic E-state index is 12.4. The summed E-state index contributed by atoms with van der Waals surface area (Å²) in [6.07, 6.45) is 7.68. The van der Waals surface area contributed by atoms with Crippen molar-refractivity contribution in [2.75, 3.05) is 13.2 Å². The molecule has 2 heterocycles. The largest absolute Gasteiger partial charge is 0.381 e. The standard InChI is InChI=1S/C19H27N3O3/c23-18-8-7-17(13-1-2-13)21-22(18)16-5-3-15(4-6-16)20-19(24)14-9-11-25-12-10-14/h7-8,13-16H,1-6,9-12H2,(H,20,24). The molecule has 4 rings (SSSR count). The number of aromatic nitrogens is 2. The summed E-state index contributed by atoms with van der Waals surface area (Å²) in [5.74, 6) is 0.839. The molecular weight excluding hydrogens is 318 g/mol. The molecule has 1 aliphatic heterocycles. The molecule has 136 valence electrons. The van der Waals surface area contributed by atoms with E-state index < -0.39 is 0 Å². The Balaban J connectivity index is 1.33. The van der Waals surface area contributed by atoms with E-state index in [-0.39, 0.29) is 29.5 Å². The first kappa shape index (κ1) is 16.8. The summed E-state index contributed by atoms with van der Waals surface area (Å²) in [5, 5.41) is 7.83. The van der Waals surface area contributed by atoms with Crippen LogP contribution in [0.2, 0.25) is 0 Å². The molecule has 3 aliphatic rings. The van der Waals surface area contributed by atoms with E-state index in [1.54, 1.807) is 10.7 Å². The van der Waals surface area contributed by atoms with Gasteiger partial charge in [-0.3, -0.25) is 9.59 Å². The van der Waals surface area contributed by atoms with Gasteiger partial charge in [0.15, 0.2) is 0 Å². The lowest BCUT2D eigenvalue weighted by Crippen LogP contribution is -2.43. The summed E-state index contributed by atoms with van der Waals surface area (Å²) in [6, 6.07) is 3.95. The fourth-order valence-electron chi connectivity index (χ4n) is 4.04. The number of amides is 1. The minimum absolute atomic E-state index is 0.000841. The first-order valence-corrected chi connectivity index (χ1v) is 9.68. The third-order valence-corrected chi connectivity index (χ3v) is 5.82. The van der Waals surface area contributed by atoms with Gasteiger partial charge in [0.25, 0.3) is 5.56 Å². The Hall–Kier alpha value is -1.69. The van der Waals surface area contributed by atoms with Crippen LogP contribution < -0.4 is 10.9 Å². The molecular formula is C19H27N3O3. The lowest BCUT2D eigenvalue weighted by atomic mass is 9.90. The van der Waals surface area contributed by atoms with Crippen molar-refractivity contribution in [2.24, 2.45) is 5.92 Å². The maximum absolute atomic E-state index is 12.4. The number of hydrogen-bond acceptors (Lipinski definition) is 4. The van der Waals surface area contributed by atoms with Crippen molar-refractivity contribution >= 4 is 5.91 Å².